The van der Waals surface area contributed by atoms with Crippen molar-refractivity contribution in [2.75, 3.05) is 31.7 Å². The molecule has 9 nitrogen and oxygen atoms in total. The van der Waals surface area contributed by atoms with Crippen molar-refractivity contribution >= 4 is 34.5 Å². The average Bonchev–Trinajstić information content (AvgIpc) is 3.10. The number of urea groups is 1. The second-order valence-electron chi connectivity index (χ2n) is 6.90. The van der Waals surface area contributed by atoms with Crippen LogP contribution in [0.1, 0.15) is 5.56 Å². The molecule has 2 saturated heterocycles. The van der Waals surface area contributed by atoms with Gasteiger partial charge in [0.25, 0.3) is 0 Å². The average molecular weight is 356 g/mol. The Balaban J connectivity index is 1.73. The monoisotopic (exact) mass is 356 g/mol. The standard InChI is InChI=1S/C17H16N4O5/c1-20-15(23)17(14(22)19-16(20)24)6-9-4-10-7-18-26-12(10)5-11(9)21-2-3-25-8-13(17)21/h4-5,7,13H,2-3,6,8H2,1H3,(H,19,22,24). The fourth-order valence-corrected chi connectivity index (χ4v) is 4.31. The number of benzene rings is 1. The molecule has 2 unspecified atom stereocenters. The van der Waals surface area contributed by atoms with Crippen LogP contribution in [-0.2, 0) is 20.7 Å². The summed E-state index contributed by atoms with van der Waals surface area (Å²) in [5.74, 6) is -1.06. The number of imide groups is 2. The van der Waals surface area contributed by atoms with Gasteiger partial charge in [-0.15, -0.1) is 0 Å². The van der Waals surface area contributed by atoms with Gasteiger partial charge in [0.1, 0.15) is 0 Å². The normalized spacial score (nSPS) is 28.3. The maximum atomic E-state index is 13.1. The number of fused-ring (bicyclic) bond motifs is 5. The van der Waals surface area contributed by atoms with Gasteiger partial charge in [-0.3, -0.25) is 19.8 Å². The smallest absolute Gasteiger partial charge is 0.330 e. The van der Waals surface area contributed by atoms with Crippen molar-refractivity contribution in [3.05, 3.63) is 23.9 Å². The first-order valence-electron chi connectivity index (χ1n) is 8.37. The van der Waals surface area contributed by atoms with Gasteiger partial charge in [0, 0.05) is 30.7 Å². The fourth-order valence-electron chi connectivity index (χ4n) is 4.31. The van der Waals surface area contributed by atoms with Crippen molar-refractivity contribution in [2.45, 2.75) is 12.5 Å². The largest absolute Gasteiger partial charge is 0.377 e. The highest BCUT2D eigenvalue weighted by Gasteiger charge is 2.62. The first-order chi connectivity index (χ1) is 12.5. The third-order valence-electron chi connectivity index (χ3n) is 5.65. The number of hydrogen-bond donors (Lipinski definition) is 1. The number of carbonyl (C=O) groups excluding carboxylic acids is 3. The second kappa shape index (κ2) is 5.04. The van der Waals surface area contributed by atoms with Gasteiger partial charge in [-0.25, -0.2) is 4.79 Å². The molecule has 3 aliphatic heterocycles. The van der Waals surface area contributed by atoms with Crippen LogP contribution < -0.4 is 10.2 Å². The van der Waals surface area contributed by atoms with Crippen molar-refractivity contribution < 1.29 is 23.6 Å². The van der Waals surface area contributed by atoms with E-state index in [4.69, 9.17) is 9.26 Å². The van der Waals surface area contributed by atoms with Crippen LogP contribution in [0, 0.1) is 5.41 Å². The van der Waals surface area contributed by atoms with Gasteiger partial charge in [0.2, 0.25) is 11.8 Å². The Morgan fingerprint density at radius 2 is 2.15 bits per heavy atom. The SMILES string of the molecule is CN1C(=O)NC(=O)C2(Cc3cc4cnoc4cc3N3CCOCC32)C1=O. The summed E-state index contributed by atoms with van der Waals surface area (Å²) in [6.45, 7) is 1.26. The summed E-state index contributed by atoms with van der Waals surface area (Å²) in [6, 6.07) is 2.59. The van der Waals surface area contributed by atoms with E-state index in [1.165, 1.54) is 7.05 Å². The predicted octanol–water partition coefficient (Wildman–Crippen LogP) is 0.284. The molecule has 0 bridgehead atoms. The van der Waals surface area contributed by atoms with E-state index in [0.717, 1.165) is 21.5 Å². The molecule has 3 aliphatic rings. The molecule has 0 saturated carbocycles. The third kappa shape index (κ3) is 1.78. The highest BCUT2D eigenvalue weighted by atomic mass is 16.5. The number of hydrogen-bond acceptors (Lipinski definition) is 7. The number of carbonyl (C=O) groups is 3. The van der Waals surface area contributed by atoms with E-state index < -0.39 is 29.3 Å². The van der Waals surface area contributed by atoms with Crippen LogP contribution in [0.4, 0.5) is 10.5 Å². The number of morpholine rings is 1. The van der Waals surface area contributed by atoms with E-state index in [9.17, 15) is 14.4 Å². The molecule has 4 amide bonds. The number of barbiturate groups is 1. The number of amides is 4. The lowest BCUT2D eigenvalue weighted by atomic mass is 9.68. The lowest BCUT2D eigenvalue weighted by Gasteiger charge is -2.52. The molecule has 5 rings (SSSR count). The van der Waals surface area contributed by atoms with Gasteiger partial charge >= 0.3 is 6.03 Å². The number of nitrogens with one attached hydrogen (secondary N) is 1. The molecule has 26 heavy (non-hydrogen) atoms. The van der Waals surface area contributed by atoms with Gasteiger partial charge in [-0.05, 0) is 18.1 Å². The Morgan fingerprint density at radius 1 is 1.31 bits per heavy atom. The van der Waals surface area contributed by atoms with Gasteiger partial charge in [0.15, 0.2) is 11.0 Å². The molecule has 1 N–H and O–H groups in total. The summed E-state index contributed by atoms with van der Waals surface area (Å²) in [5, 5.41) is 6.95. The minimum absolute atomic E-state index is 0.191. The molecule has 1 aromatic carbocycles. The quantitative estimate of drug-likeness (QED) is 0.676. The molecule has 1 spiro atoms. The summed E-state index contributed by atoms with van der Waals surface area (Å²) in [6.07, 6.45) is 1.79. The van der Waals surface area contributed by atoms with Crippen LogP contribution in [0.15, 0.2) is 22.9 Å². The number of anilines is 1. The van der Waals surface area contributed by atoms with Gasteiger partial charge in [0.05, 0.1) is 25.5 Å². The molecule has 2 atom stereocenters. The van der Waals surface area contributed by atoms with Crippen LogP contribution >= 0.6 is 0 Å². The Bertz CT molecular complexity index is 969. The van der Waals surface area contributed by atoms with Gasteiger partial charge in [-0.1, -0.05) is 5.16 Å². The van der Waals surface area contributed by atoms with Crippen molar-refractivity contribution in [1.29, 1.82) is 0 Å². The molecule has 9 heteroatoms. The molecule has 0 aliphatic carbocycles. The zero-order chi connectivity index (χ0) is 18.1. The second-order valence-corrected chi connectivity index (χ2v) is 6.90. The number of rotatable bonds is 0. The molecule has 1 aromatic heterocycles. The Morgan fingerprint density at radius 3 is 3.00 bits per heavy atom. The lowest BCUT2D eigenvalue weighted by molar-refractivity contribution is -0.155. The first kappa shape index (κ1) is 15.3. The van der Waals surface area contributed by atoms with Crippen molar-refractivity contribution in [3.8, 4) is 0 Å². The number of ether oxygens (including phenoxy) is 1. The minimum Gasteiger partial charge on any atom is -0.377 e. The molecule has 2 aromatic rings. The van der Waals surface area contributed by atoms with E-state index in [1.54, 1.807) is 6.20 Å². The Hall–Kier alpha value is -2.94. The van der Waals surface area contributed by atoms with E-state index in [-0.39, 0.29) is 13.0 Å². The summed E-state index contributed by atoms with van der Waals surface area (Å²) in [5.41, 5.74) is 1.01. The van der Waals surface area contributed by atoms with Crippen molar-refractivity contribution in [3.63, 3.8) is 0 Å². The predicted molar refractivity (Wildman–Crippen MR) is 88.4 cm³/mol. The van der Waals surface area contributed by atoms with Crippen LogP contribution in [0.5, 0.6) is 0 Å². The lowest BCUT2D eigenvalue weighted by Crippen LogP contribution is -2.73. The van der Waals surface area contributed by atoms with Crippen molar-refractivity contribution in [2.24, 2.45) is 5.41 Å². The third-order valence-corrected chi connectivity index (χ3v) is 5.65. The summed E-state index contributed by atoms with van der Waals surface area (Å²) >= 11 is 0. The van der Waals surface area contributed by atoms with E-state index in [2.05, 4.69) is 10.5 Å². The first-order valence-corrected chi connectivity index (χ1v) is 8.37. The van der Waals surface area contributed by atoms with E-state index in [1.807, 2.05) is 17.0 Å². The summed E-state index contributed by atoms with van der Waals surface area (Å²) < 4.78 is 10.9. The maximum absolute atomic E-state index is 13.1. The minimum atomic E-state index is -1.40. The number of nitrogens with zero attached hydrogens (tertiary/aromatic N) is 3. The number of aromatic nitrogens is 1. The van der Waals surface area contributed by atoms with Crippen LogP contribution in [-0.4, -0.2) is 60.8 Å². The fraction of sp³-hybridized carbons (Fsp3) is 0.412. The molecule has 0 radical (unpaired) electrons. The highest BCUT2D eigenvalue weighted by molar-refractivity contribution is 6.20. The molecular weight excluding hydrogens is 340 g/mol. The molecule has 134 valence electrons. The molecule has 2 fully saturated rings. The van der Waals surface area contributed by atoms with Gasteiger partial charge < -0.3 is 14.2 Å². The maximum Gasteiger partial charge on any atom is 0.330 e. The zero-order valence-electron chi connectivity index (χ0n) is 14.0. The van der Waals surface area contributed by atoms with E-state index >= 15 is 0 Å². The molecule has 4 heterocycles. The highest BCUT2D eigenvalue weighted by Crippen LogP contribution is 2.46. The van der Waals surface area contributed by atoms with Crippen LogP contribution in [0.2, 0.25) is 0 Å². The van der Waals surface area contributed by atoms with Crippen LogP contribution in [0.25, 0.3) is 11.0 Å². The van der Waals surface area contributed by atoms with Crippen LogP contribution in [0.3, 0.4) is 0 Å². The van der Waals surface area contributed by atoms with Gasteiger partial charge in [-0.2, -0.15) is 0 Å². The topological polar surface area (TPSA) is 105 Å². The molecular formula is C17H16N4O5. The Labute approximate surface area is 147 Å². The van der Waals surface area contributed by atoms with Crippen molar-refractivity contribution in [1.82, 2.24) is 15.4 Å². The zero-order valence-corrected chi connectivity index (χ0v) is 14.0. The summed E-state index contributed by atoms with van der Waals surface area (Å²) in [7, 11) is 1.39. The summed E-state index contributed by atoms with van der Waals surface area (Å²) in [4.78, 5) is 41.0. The Kier molecular flexibility index (Phi) is 2.97. The van der Waals surface area contributed by atoms with E-state index in [0.29, 0.717) is 18.7 Å².